The highest BCUT2D eigenvalue weighted by Gasteiger charge is 2.02. The second-order valence-electron chi connectivity index (χ2n) is 1.97. The highest BCUT2D eigenvalue weighted by Crippen LogP contribution is 1.94. The van der Waals surface area contributed by atoms with Gasteiger partial charge in [-0.15, -0.1) is 0 Å². The molecule has 4 heteroatoms. The summed E-state index contributed by atoms with van der Waals surface area (Å²) in [5.41, 5.74) is 2.03. The molecule has 0 saturated heterocycles. The van der Waals surface area contributed by atoms with Gasteiger partial charge in [0.05, 0.1) is 0 Å². The molecule has 0 heterocycles. The molecule has 0 aromatic rings. The molecule has 0 saturated carbocycles. The summed E-state index contributed by atoms with van der Waals surface area (Å²) in [6.45, 7) is 2.94. The van der Waals surface area contributed by atoms with Crippen molar-refractivity contribution in [1.82, 2.24) is 5.48 Å². The molecule has 0 bridgehead atoms. The van der Waals surface area contributed by atoms with E-state index in [2.05, 4.69) is 4.84 Å². The molecule has 1 N–H and O–H groups in total. The summed E-state index contributed by atoms with van der Waals surface area (Å²) >= 11 is 0. The summed E-state index contributed by atoms with van der Waals surface area (Å²) in [5.74, 6) is -0.316. The lowest BCUT2D eigenvalue weighted by atomic mass is 10.3. The quantitative estimate of drug-likeness (QED) is 0.600. The fourth-order valence-electron chi connectivity index (χ4n) is 0.352. The number of hydroxylamine groups is 1. The summed E-state index contributed by atoms with van der Waals surface area (Å²) < 4.78 is 12.3. The molecule has 0 aromatic heterocycles. The van der Waals surface area contributed by atoms with Gasteiger partial charge in [-0.25, -0.2) is 9.87 Å². The Kier molecular flexibility index (Phi) is 4.84. The van der Waals surface area contributed by atoms with E-state index in [-0.39, 0.29) is 12.5 Å². The predicted octanol–water partition coefficient (Wildman–Crippen LogP) is 0.802. The van der Waals surface area contributed by atoms with Crippen LogP contribution < -0.4 is 5.48 Å². The maximum Gasteiger partial charge on any atom is 0.240 e. The summed E-state index contributed by atoms with van der Waals surface area (Å²) in [6.07, 6.45) is -0.591. The maximum absolute atomic E-state index is 12.3. The van der Waals surface area contributed by atoms with Gasteiger partial charge in [-0.05, 0) is 6.42 Å². The number of halogens is 1. The summed E-state index contributed by atoms with van der Waals surface area (Å²) in [7, 11) is 0. The van der Waals surface area contributed by atoms with Crippen LogP contribution in [-0.2, 0) is 9.63 Å². The Balaban J connectivity index is 3.11. The molecule has 0 aromatic carbocycles. The molecule has 0 spiro atoms. The molecule has 10 heavy (non-hydrogen) atoms. The third-order valence-electron chi connectivity index (χ3n) is 0.923. The third-order valence-corrected chi connectivity index (χ3v) is 0.923. The predicted molar refractivity (Wildman–Crippen MR) is 35.0 cm³/mol. The van der Waals surface area contributed by atoms with Crippen molar-refractivity contribution >= 4 is 5.91 Å². The van der Waals surface area contributed by atoms with Gasteiger partial charge < -0.3 is 0 Å². The molecular formula is C6H12FNO2. The van der Waals surface area contributed by atoms with Crippen molar-refractivity contribution in [3.63, 3.8) is 0 Å². The van der Waals surface area contributed by atoms with Crippen molar-refractivity contribution in [2.75, 3.05) is 6.61 Å². The number of carbonyl (C=O) groups is 1. The van der Waals surface area contributed by atoms with E-state index >= 15 is 0 Å². The van der Waals surface area contributed by atoms with E-state index in [1.807, 2.05) is 5.48 Å². The monoisotopic (exact) mass is 149 g/mol. The number of carbonyl (C=O) groups excluding carboxylic acids is 1. The first-order valence-corrected chi connectivity index (χ1v) is 3.19. The Morgan fingerprint density at radius 3 is 2.80 bits per heavy atom. The Hall–Kier alpha value is -0.640. The van der Waals surface area contributed by atoms with Crippen LogP contribution in [-0.4, -0.2) is 18.7 Å². The molecule has 0 fully saturated rings. The highest BCUT2D eigenvalue weighted by atomic mass is 19.1. The van der Waals surface area contributed by atoms with Crippen LogP contribution in [0.15, 0.2) is 0 Å². The van der Waals surface area contributed by atoms with Gasteiger partial charge in [-0.3, -0.25) is 9.63 Å². The largest absolute Gasteiger partial charge is 0.273 e. The van der Waals surface area contributed by atoms with Gasteiger partial charge in [-0.2, -0.15) is 0 Å². The van der Waals surface area contributed by atoms with Gasteiger partial charge >= 0.3 is 0 Å². The molecule has 1 amide bonds. The minimum atomic E-state index is -0.994. The summed E-state index contributed by atoms with van der Waals surface area (Å²) in [5, 5.41) is 0. The van der Waals surface area contributed by atoms with Gasteiger partial charge in [0.25, 0.3) is 0 Å². The molecule has 0 aliphatic heterocycles. The summed E-state index contributed by atoms with van der Waals surface area (Å²) in [4.78, 5) is 14.6. The minimum absolute atomic E-state index is 0.0733. The van der Waals surface area contributed by atoms with Crippen molar-refractivity contribution < 1.29 is 14.0 Å². The number of rotatable bonds is 4. The number of hydrogen-bond donors (Lipinski definition) is 1. The number of hydrogen-bond acceptors (Lipinski definition) is 2. The summed E-state index contributed by atoms with van der Waals surface area (Å²) in [6, 6.07) is 0. The molecule has 0 rings (SSSR count). The third kappa shape index (κ3) is 5.50. The van der Waals surface area contributed by atoms with E-state index in [0.29, 0.717) is 6.42 Å². The number of nitrogens with one attached hydrogen (secondary N) is 1. The van der Waals surface area contributed by atoms with Gasteiger partial charge in [0.1, 0.15) is 12.8 Å². The van der Waals surface area contributed by atoms with Crippen molar-refractivity contribution in [3.05, 3.63) is 0 Å². The van der Waals surface area contributed by atoms with Gasteiger partial charge in [-0.1, -0.05) is 6.92 Å². The first kappa shape index (κ1) is 9.36. The van der Waals surface area contributed by atoms with Gasteiger partial charge in [0.15, 0.2) is 0 Å². The van der Waals surface area contributed by atoms with E-state index in [0.717, 1.165) is 0 Å². The molecule has 60 valence electrons. The molecule has 0 aliphatic carbocycles. The SMILES string of the molecule is CCC(F)CONC(C)=O. The fraction of sp³-hybridized carbons (Fsp3) is 0.833. The maximum atomic E-state index is 12.3. The van der Waals surface area contributed by atoms with E-state index in [4.69, 9.17) is 0 Å². The molecule has 1 atom stereocenters. The number of alkyl halides is 1. The minimum Gasteiger partial charge on any atom is -0.273 e. The topological polar surface area (TPSA) is 38.3 Å². The second kappa shape index (κ2) is 5.17. The molecule has 3 nitrogen and oxygen atoms in total. The van der Waals surface area contributed by atoms with Crippen LogP contribution in [0.2, 0.25) is 0 Å². The molecular weight excluding hydrogens is 137 g/mol. The van der Waals surface area contributed by atoms with Crippen LogP contribution in [0, 0.1) is 0 Å². The van der Waals surface area contributed by atoms with E-state index in [9.17, 15) is 9.18 Å². The Morgan fingerprint density at radius 1 is 1.80 bits per heavy atom. The van der Waals surface area contributed by atoms with E-state index < -0.39 is 6.17 Å². The normalized spacial score (nSPS) is 12.7. The van der Waals surface area contributed by atoms with Gasteiger partial charge in [0, 0.05) is 6.92 Å². The lowest BCUT2D eigenvalue weighted by Crippen LogP contribution is -2.24. The zero-order valence-electron chi connectivity index (χ0n) is 6.19. The molecule has 0 aliphatic rings. The van der Waals surface area contributed by atoms with Crippen LogP contribution in [0.4, 0.5) is 4.39 Å². The van der Waals surface area contributed by atoms with Crippen LogP contribution >= 0.6 is 0 Å². The number of amides is 1. The fourth-order valence-corrected chi connectivity index (χ4v) is 0.352. The first-order valence-electron chi connectivity index (χ1n) is 3.19. The van der Waals surface area contributed by atoms with E-state index in [1.165, 1.54) is 6.92 Å². The lowest BCUT2D eigenvalue weighted by Gasteiger charge is -2.04. The van der Waals surface area contributed by atoms with Crippen LogP contribution in [0.5, 0.6) is 0 Å². The van der Waals surface area contributed by atoms with Gasteiger partial charge in [0.2, 0.25) is 5.91 Å². The van der Waals surface area contributed by atoms with Crippen LogP contribution in [0.3, 0.4) is 0 Å². The van der Waals surface area contributed by atoms with Crippen LogP contribution in [0.25, 0.3) is 0 Å². The van der Waals surface area contributed by atoms with E-state index in [1.54, 1.807) is 6.92 Å². The Bertz CT molecular complexity index is 108. The highest BCUT2D eigenvalue weighted by molar-refractivity contribution is 5.71. The Labute approximate surface area is 59.5 Å². The molecule has 1 unspecified atom stereocenters. The standard InChI is InChI=1S/C6H12FNO2/c1-3-6(7)4-10-8-5(2)9/h6H,3-4H2,1-2H3,(H,8,9). The van der Waals surface area contributed by atoms with Crippen molar-refractivity contribution in [2.24, 2.45) is 0 Å². The molecule has 0 radical (unpaired) electrons. The average molecular weight is 149 g/mol. The average Bonchev–Trinajstić information content (AvgIpc) is 1.87. The zero-order valence-corrected chi connectivity index (χ0v) is 6.19. The van der Waals surface area contributed by atoms with Crippen molar-refractivity contribution in [3.8, 4) is 0 Å². The second-order valence-corrected chi connectivity index (χ2v) is 1.97. The smallest absolute Gasteiger partial charge is 0.240 e. The zero-order chi connectivity index (χ0) is 7.98. The van der Waals surface area contributed by atoms with Crippen LogP contribution in [0.1, 0.15) is 20.3 Å². The lowest BCUT2D eigenvalue weighted by molar-refractivity contribution is -0.132. The van der Waals surface area contributed by atoms with Crippen molar-refractivity contribution in [2.45, 2.75) is 26.4 Å². The first-order chi connectivity index (χ1) is 4.66. The van der Waals surface area contributed by atoms with Crippen molar-refractivity contribution in [1.29, 1.82) is 0 Å². The Morgan fingerprint density at radius 2 is 2.40 bits per heavy atom.